The van der Waals surface area contributed by atoms with Crippen molar-refractivity contribution in [2.75, 3.05) is 19.9 Å². The molecule has 5 rings (SSSR count). The van der Waals surface area contributed by atoms with E-state index in [2.05, 4.69) is 27.2 Å². The van der Waals surface area contributed by atoms with Gasteiger partial charge in [0, 0.05) is 13.6 Å². The van der Waals surface area contributed by atoms with Gasteiger partial charge < -0.3 is 9.64 Å². The van der Waals surface area contributed by atoms with E-state index in [1.165, 1.54) is 18.1 Å². The number of fused-ring (bicyclic) bond motifs is 2. The number of methoxy groups -OCH3 is 1. The van der Waals surface area contributed by atoms with E-state index in [4.69, 9.17) is 4.74 Å². The topological polar surface area (TPSA) is 73.1 Å². The summed E-state index contributed by atoms with van der Waals surface area (Å²) in [4.78, 5) is 23.4. The Bertz CT molecular complexity index is 1470. The molecule has 0 aliphatic rings. The van der Waals surface area contributed by atoms with Crippen LogP contribution in [0.1, 0.15) is 5.56 Å². The fourth-order valence-corrected chi connectivity index (χ4v) is 4.70. The predicted octanol–water partition coefficient (Wildman–Crippen LogP) is 4.73. The number of thioether (sulfide) groups is 1. The van der Waals surface area contributed by atoms with Gasteiger partial charge in [0.25, 0.3) is 0 Å². The first kappa shape index (κ1) is 21.9. The molecule has 1 amide bonds. The number of hydrogen-bond acceptors (Lipinski definition) is 6. The number of amides is 1. The van der Waals surface area contributed by atoms with Crippen molar-refractivity contribution in [3.63, 3.8) is 0 Å². The molecule has 0 saturated carbocycles. The third-order valence-electron chi connectivity index (χ3n) is 5.62. The minimum absolute atomic E-state index is 0.0297. The number of hydrogen-bond donors (Lipinski definition) is 0. The van der Waals surface area contributed by atoms with Gasteiger partial charge in [-0.05, 0) is 46.7 Å². The summed E-state index contributed by atoms with van der Waals surface area (Å²) >= 11 is 1.40. The van der Waals surface area contributed by atoms with Crippen molar-refractivity contribution in [2.24, 2.45) is 0 Å². The summed E-state index contributed by atoms with van der Waals surface area (Å²) in [5.41, 5.74) is 2.72. The lowest BCUT2D eigenvalue weighted by molar-refractivity contribution is -0.127. The lowest BCUT2D eigenvalue weighted by atomic mass is 10.1. The molecule has 0 spiro atoms. The van der Waals surface area contributed by atoms with Crippen molar-refractivity contribution < 1.29 is 9.53 Å². The second-order valence-electron chi connectivity index (χ2n) is 7.89. The third kappa shape index (κ3) is 4.45. The number of carbonyl (C=O) groups excluding carboxylic acids is 1. The van der Waals surface area contributed by atoms with Crippen LogP contribution >= 0.6 is 11.8 Å². The maximum atomic E-state index is 12.9. The molecule has 2 heterocycles. The Morgan fingerprint density at radius 3 is 2.65 bits per heavy atom. The number of ether oxygens (including phenoxy) is 1. The maximum Gasteiger partial charge on any atom is 0.233 e. The maximum absolute atomic E-state index is 12.9. The van der Waals surface area contributed by atoms with E-state index in [-0.39, 0.29) is 11.7 Å². The summed E-state index contributed by atoms with van der Waals surface area (Å²) in [5, 5.41) is 8.28. The van der Waals surface area contributed by atoms with Gasteiger partial charge in [0.2, 0.25) is 5.91 Å². The van der Waals surface area contributed by atoms with E-state index in [0.29, 0.717) is 6.54 Å². The molecule has 0 unspecified atom stereocenters. The van der Waals surface area contributed by atoms with E-state index in [1.807, 2.05) is 61.6 Å². The molecule has 2 aromatic heterocycles. The fourth-order valence-electron chi connectivity index (χ4n) is 3.80. The van der Waals surface area contributed by atoms with Crippen LogP contribution in [-0.4, -0.2) is 50.5 Å². The normalized spacial score (nSPS) is 11.1. The van der Waals surface area contributed by atoms with Gasteiger partial charge in [-0.1, -0.05) is 48.2 Å². The Morgan fingerprint density at radius 1 is 1.03 bits per heavy atom. The zero-order chi connectivity index (χ0) is 23.5. The summed E-state index contributed by atoms with van der Waals surface area (Å²) in [6.45, 7) is 0.534. The van der Waals surface area contributed by atoms with Crippen LogP contribution in [0, 0.1) is 0 Å². The first-order valence-electron chi connectivity index (χ1n) is 10.8. The molecule has 3 aromatic carbocycles. The van der Waals surface area contributed by atoms with Crippen LogP contribution in [0.4, 0.5) is 0 Å². The Balaban J connectivity index is 1.27. The van der Waals surface area contributed by atoms with E-state index in [1.54, 1.807) is 22.9 Å². The molecule has 0 fully saturated rings. The summed E-state index contributed by atoms with van der Waals surface area (Å²) in [7, 11) is 3.49. The lowest BCUT2D eigenvalue weighted by Gasteiger charge is -2.17. The van der Waals surface area contributed by atoms with Crippen LogP contribution in [0.3, 0.4) is 0 Å². The van der Waals surface area contributed by atoms with Crippen molar-refractivity contribution in [1.29, 1.82) is 0 Å². The Labute approximate surface area is 201 Å². The number of aromatic nitrogens is 4. The highest BCUT2D eigenvalue weighted by atomic mass is 32.2. The van der Waals surface area contributed by atoms with Gasteiger partial charge in [-0.2, -0.15) is 5.10 Å². The highest BCUT2D eigenvalue weighted by molar-refractivity contribution is 8.00. The minimum atomic E-state index is 0.0297. The molecular formula is C26H23N5O2S. The van der Waals surface area contributed by atoms with Crippen LogP contribution in [-0.2, 0) is 11.3 Å². The highest BCUT2D eigenvalue weighted by Gasteiger charge is 2.15. The Hall–Kier alpha value is -3.91. The Kier molecular flexibility index (Phi) is 6.14. The molecule has 0 saturated heterocycles. The quantitative estimate of drug-likeness (QED) is 0.254. The van der Waals surface area contributed by atoms with Gasteiger partial charge >= 0.3 is 0 Å². The van der Waals surface area contributed by atoms with Crippen LogP contribution in [0.5, 0.6) is 5.75 Å². The van der Waals surface area contributed by atoms with Gasteiger partial charge in [-0.15, -0.1) is 0 Å². The molecule has 0 atom stereocenters. The molecule has 7 nitrogen and oxygen atoms in total. The standard InChI is InChI=1S/C26H23N5O2S/c1-30(15-18-8-9-20-13-22(33-2)11-10-19(20)12-18)24(32)16-34-26-23-14-29-31(25(23)27-17-28-26)21-6-4-3-5-7-21/h3-14,17H,15-16H2,1-2H3. The number of carbonyl (C=O) groups is 1. The fraction of sp³-hybridized carbons (Fsp3) is 0.154. The molecule has 0 radical (unpaired) electrons. The summed E-state index contributed by atoms with van der Waals surface area (Å²) < 4.78 is 7.08. The predicted molar refractivity (Wildman–Crippen MR) is 134 cm³/mol. The highest BCUT2D eigenvalue weighted by Crippen LogP contribution is 2.26. The largest absolute Gasteiger partial charge is 0.497 e. The van der Waals surface area contributed by atoms with Crippen molar-refractivity contribution in [3.8, 4) is 11.4 Å². The zero-order valence-corrected chi connectivity index (χ0v) is 19.7. The van der Waals surface area contributed by atoms with E-state index in [0.717, 1.165) is 43.8 Å². The van der Waals surface area contributed by atoms with Crippen LogP contribution in [0.2, 0.25) is 0 Å². The zero-order valence-electron chi connectivity index (χ0n) is 18.9. The molecule has 34 heavy (non-hydrogen) atoms. The van der Waals surface area contributed by atoms with Crippen LogP contribution in [0.25, 0.3) is 27.5 Å². The second-order valence-corrected chi connectivity index (χ2v) is 8.86. The van der Waals surface area contributed by atoms with E-state index >= 15 is 0 Å². The summed E-state index contributed by atoms with van der Waals surface area (Å²) in [5.74, 6) is 1.14. The SMILES string of the molecule is COc1ccc2cc(CN(C)C(=O)CSc3ncnc4c3cnn4-c3ccccc3)ccc2c1. The molecule has 5 aromatic rings. The van der Waals surface area contributed by atoms with Crippen molar-refractivity contribution in [3.05, 3.63) is 84.8 Å². The van der Waals surface area contributed by atoms with Gasteiger partial charge in [0.1, 0.15) is 17.1 Å². The van der Waals surface area contributed by atoms with Gasteiger partial charge in [0.05, 0.1) is 30.1 Å². The number of rotatable bonds is 7. The van der Waals surface area contributed by atoms with Gasteiger partial charge in [0.15, 0.2) is 5.65 Å². The molecular weight excluding hydrogens is 446 g/mol. The molecule has 0 N–H and O–H groups in total. The second kappa shape index (κ2) is 9.52. The van der Waals surface area contributed by atoms with E-state index < -0.39 is 0 Å². The third-order valence-corrected chi connectivity index (χ3v) is 6.61. The van der Waals surface area contributed by atoms with Crippen molar-refractivity contribution >= 4 is 39.5 Å². The lowest BCUT2D eigenvalue weighted by Crippen LogP contribution is -2.27. The number of nitrogens with zero attached hydrogens (tertiary/aromatic N) is 5. The number of para-hydroxylation sites is 1. The first-order chi connectivity index (χ1) is 16.6. The summed E-state index contributed by atoms with van der Waals surface area (Å²) in [6, 6.07) is 22.0. The molecule has 0 aliphatic carbocycles. The van der Waals surface area contributed by atoms with Crippen LogP contribution in [0.15, 0.2) is 84.3 Å². The van der Waals surface area contributed by atoms with Crippen molar-refractivity contribution in [1.82, 2.24) is 24.6 Å². The first-order valence-corrected chi connectivity index (χ1v) is 11.8. The monoisotopic (exact) mass is 469 g/mol. The van der Waals surface area contributed by atoms with Crippen molar-refractivity contribution in [2.45, 2.75) is 11.6 Å². The van der Waals surface area contributed by atoms with Gasteiger partial charge in [-0.25, -0.2) is 14.6 Å². The smallest absolute Gasteiger partial charge is 0.233 e. The average molecular weight is 470 g/mol. The molecule has 0 bridgehead atoms. The summed E-state index contributed by atoms with van der Waals surface area (Å²) in [6.07, 6.45) is 3.27. The van der Waals surface area contributed by atoms with E-state index in [9.17, 15) is 4.79 Å². The molecule has 8 heteroatoms. The number of benzene rings is 3. The average Bonchev–Trinajstić information content (AvgIpc) is 3.32. The van der Waals surface area contributed by atoms with Gasteiger partial charge in [-0.3, -0.25) is 4.79 Å². The minimum Gasteiger partial charge on any atom is -0.497 e. The molecule has 0 aliphatic heterocycles. The molecule has 170 valence electrons. The van der Waals surface area contributed by atoms with Crippen LogP contribution < -0.4 is 4.74 Å². The Morgan fingerprint density at radius 2 is 1.82 bits per heavy atom.